The summed E-state index contributed by atoms with van der Waals surface area (Å²) in [6.07, 6.45) is 4.11. The number of aliphatic hydroxyl groups excluding tert-OH is 1. The predicted octanol–water partition coefficient (Wildman–Crippen LogP) is 2.35. The molecule has 112 valence electrons. The fourth-order valence-corrected chi connectivity index (χ4v) is 3.38. The molecule has 0 amide bonds. The summed E-state index contributed by atoms with van der Waals surface area (Å²) in [5.74, 6) is 0. The number of aromatic nitrogens is 1. The minimum Gasteiger partial charge on any atom is -0.391 e. The van der Waals surface area contributed by atoms with Gasteiger partial charge in [-0.25, -0.2) is 0 Å². The highest BCUT2D eigenvalue weighted by Crippen LogP contribution is 2.36. The third-order valence-corrected chi connectivity index (χ3v) is 4.33. The van der Waals surface area contributed by atoms with Crippen LogP contribution in [0, 0.1) is 0 Å². The molecule has 1 aromatic carbocycles. The van der Waals surface area contributed by atoms with Gasteiger partial charge in [0.15, 0.2) is 0 Å². The van der Waals surface area contributed by atoms with Crippen molar-refractivity contribution < 1.29 is 5.11 Å². The Bertz CT molecular complexity index is 647. The van der Waals surface area contributed by atoms with Gasteiger partial charge in [0.05, 0.1) is 22.3 Å². The van der Waals surface area contributed by atoms with Crippen LogP contribution in [0.2, 0.25) is 5.02 Å². The van der Waals surface area contributed by atoms with Crippen molar-refractivity contribution in [3.05, 3.63) is 35.0 Å². The van der Waals surface area contributed by atoms with Crippen molar-refractivity contribution in [2.45, 2.75) is 25.4 Å². The minimum absolute atomic E-state index is 0.279. The van der Waals surface area contributed by atoms with E-state index in [4.69, 9.17) is 17.3 Å². The molecule has 0 aliphatic carbocycles. The number of pyridine rings is 1. The lowest BCUT2D eigenvalue weighted by Gasteiger charge is -2.34. The number of β-amino-alcohol motifs (C(OH)–C–C–N with tert-alkyl or cyclic N) is 1. The molecule has 1 fully saturated rings. The largest absolute Gasteiger partial charge is 0.391 e. The molecule has 2 heterocycles. The molecule has 5 heteroatoms. The summed E-state index contributed by atoms with van der Waals surface area (Å²) in [5, 5.41) is 11.6. The van der Waals surface area contributed by atoms with Crippen molar-refractivity contribution in [3.8, 4) is 0 Å². The monoisotopic (exact) mass is 305 g/mol. The molecule has 2 aromatic rings. The van der Waals surface area contributed by atoms with E-state index < -0.39 is 0 Å². The van der Waals surface area contributed by atoms with Crippen molar-refractivity contribution in [2.24, 2.45) is 5.73 Å². The maximum atomic E-state index is 9.98. The SMILES string of the molecule is NCCc1cc(Cl)c2cccnc2c1N1CCCC(O)C1. The van der Waals surface area contributed by atoms with E-state index in [1.54, 1.807) is 6.20 Å². The maximum Gasteiger partial charge on any atom is 0.0953 e. The smallest absolute Gasteiger partial charge is 0.0953 e. The number of aliphatic hydroxyl groups is 1. The van der Waals surface area contributed by atoms with E-state index in [9.17, 15) is 5.11 Å². The Balaban J connectivity index is 2.17. The Morgan fingerprint density at radius 2 is 2.33 bits per heavy atom. The molecule has 1 saturated heterocycles. The molecule has 1 aliphatic rings. The van der Waals surface area contributed by atoms with Gasteiger partial charge in [-0.15, -0.1) is 0 Å². The van der Waals surface area contributed by atoms with E-state index in [0.29, 0.717) is 18.1 Å². The van der Waals surface area contributed by atoms with E-state index in [1.807, 2.05) is 18.2 Å². The van der Waals surface area contributed by atoms with E-state index in [1.165, 1.54) is 0 Å². The molecule has 1 unspecified atom stereocenters. The summed E-state index contributed by atoms with van der Waals surface area (Å²) in [6.45, 7) is 2.14. The van der Waals surface area contributed by atoms with Crippen molar-refractivity contribution in [1.29, 1.82) is 0 Å². The van der Waals surface area contributed by atoms with Crippen molar-refractivity contribution in [3.63, 3.8) is 0 Å². The van der Waals surface area contributed by atoms with Crippen LogP contribution in [0.3, 0.4) is 0 Å². The van der Waals surface area contributed by atoms with E-state index >= 15 is 0 Å². The fraction of sp³-hybridized carbons (Fsp3) is 0.438. The second kappa shape index (κ2) is 6.18. The summed E-state index contributed by atoms with van der Waals surface area (Å²) in [4.78, 5) is 6.76. The Morgan fingerprint density at radius 3 is 3.10 bits per heavy atom. The summed E-state index contributed by atoms with van der Waals surface area (Å²) < 4.78 is 0. The minimum atomic E-state index is -0.279. The molecule has 0 spiro atoms. The van der Waals surface area contributed by atoms with Crippen molar-refractivity contribution in [1.82, 2.24) is 4.98 Å². The van der Waals surface area contributed by atoms with Crippen LogP contribution in [-0.2, 0) is 6.42 Å². The quantitative estimate of drug-likeness (QED) is 0.914. The van der Waals surface area contributed by atoms with Crippen LogP contribution in [0.25, 0.3) is 10.9 Å². The maximum absolute atomic E-state index is 9.98. The van der Waals surface area contributed by atoms with Gasteiger partial charge in [-0.2, -0.15) is 0 Å². The third-order valence-electron chi connectivity index (χ3n) is 4.02. The Labute approximate surface area is 129 Å². The van der Waals surface area contributed by atoms with Crippen LogP contribution in [0.1, 0.15) is 18.4 Å². The number of nitrogens with zero attached hydrogens (tertiary/aromatic N) is 2. The number of hydrogen-bond donors (Lipinski definition) is 2. The number of halogens is 1. The lowest BCUT2D eigenvalue weighted by Crippen LogP contribution is -2.39. The zero-order chi connectivity index (χ0) is 14.8. The average molecular weight is 306 g/mol. The number of fused-ring (bicyclic) bond motifs is 1. The van der Waals surface area contributed by atoms with E-state index in [-0.39, 0.29) is 6.10 Å². The molecule has 3 rings (SSSR count). The molecule has 1 atom stereocenters. The summed E-state index contributed by atoms with van der Waals surface area (Å²) in [6, 6.07) is 5.88. The first kappa shape index (κ1) is 14.6. The van der Waals surface area contributed by atoms with Gasteiger partial charge in [0, 0.05) is 24.7 Å². The van der Waals surface area contributed by atoms with E-state index in [0.717, 1.165) is 48.0 Å². The highest BCUT2D eigenvalue weighted by molar-refractivity contribution is 6.36. The second-order valence-electron chi connectivity index (χ2n) is 5.55. The van der Waals surface area contributed by atoms with Gasteiger partial charge in [-0.1, -0.05) is 11.6 Å². The zero-order valence-electron chi connectivity index (χ0n) is 11.9. The third kappa shape index (κ3) is 2.84. The van der Waals surface area contributed by atoms with Gasteiger partial charge in [0.1, 0.15) is 0 Å². The van der Waals surface area contributed by atoms with Crippen LogP contribution >= 0.6 is 11.6 Å². The standard InChI is InChI=1S/C16H20ClN3O/c17-14-9-11(5-6-18)16(15-13(14)4-1-7-19-15)20-8-2-3-12(21)10-20/h1,4,7,9,12,21H,2-3,5-6,8,10,18H2. The predicted molar refractivity (Wildman–Crippen MR) is 87.0 cm³/mol. The Kier molecular flexibility index (Phi) is 4.29. The number of benzene rings is 1. The van der Waals surface area contributed by atoms with Gasteiger partial charge in [-0.05, 0) is 49.6 Å². The summed E-state index contributed by atoms with van der Waals surface area (Å²) in [7, 11) is 0. The number of nitrogens with two attached hydrogens (primary N) is 1. The normalized spacial score (nSPS) is 19.2. The second-order valence-corrected chi connectivity index (χ2v) is 5.95. The summed E-state index contributed by atoms with van der Waals surface area (Å²) in [5.41, 5.74) is 8.85. The molecule has 4 nitrogen and oxygen atoms in total. The van der Waals surface area contributed by atoms with Crippen LogP contribution in [0.15, 0.2) is 24.4 Å². The molecule has 0 bridgehead atoms. The number of rotatable bonds is 3. The average Bonchev–Trinajstić information content (AvgIpc) is 2.48. The Hall–Kier alpha value is -1.36. The molecule has 0 radical (unpaired) electrons. The van der Waals surface area contributed by atoms with Gasteiger partial charge >= 0.3 is 0 Å². The molecular weight excluding hydrogens is 286 g/mol. The molecule has 1 aromatic heterocycles. The van der Waals surface area contributed by atoms with Crippen LogP contribution in [-0.4, -0.2) is 35.8 Å². The van der Waals surface area contributed by atoms with Crippen molar-refractivity contribution in [2.75, 3.05) is 24.5 Å². The zero-order valence-corrected chi connectivity index (χ0v) is 12.7. The molecule has 3 N–H and O–H groups in total. The molecule has 0 saturated carbocycles. The molecular formula is C16H20ClN3O. The molecule has 21 heavy (non-hydrogen) atoms. The number of hydrogen-bond acceptors (Lipinski definition) is 4. The highest BCUT2D eigenvalue weighted by Gasteiger charge is 2.23. The lowest BCUT2D eigenvalue weighted by atomic mass is 10.0. The summed E-state index contributed by atoms with van der Waals surface area (Å²) >= 11 is 6.39. The number of piperidine rings is 1. The van der Waals surface area contributed by atoms with Crippen molar-refractivity contribution >= 4 is 28.2 Å². The first-order valence-electron chi connectivity index (χ1n) is 7.40. The van der Waals surface area contributed by atoms with E-state index in [2.05, 4.69) is 9.88 Å². The van der Waals surface area contributed by atoms with Crippen LogP contribution in [0.5, 0.6) is 0 Å². The van der Waals surface area contributed by atoms with Gasteiger partial charge in [0.25, 0.3) is 0 Å². The van der Waals surface area contributed by atoms with Gasteiger partial charge in [0.2, 0.25) is 0 Å². The topological polar surface area (TPSA) is 62.4 Å². The van der Waals surface area contributed by atoms with Crippen LogP contribution < -0.4 is 10.6 Å². The lowest BCUT2D eigenvalue weighted by molar-refractivity contribution is 0.154. The van der Waals surface area contributed by atoms with Gasteiger partial charge in [-0.3, -0.25) is 4.98 Å². The fourth-order valence-electron chi connectivity index (χ4n) is 3.09. The number of anilines is 1. The van der Waals surface area contributed by atoms with Gasteiger partial charge < -0.3 is 15.7 Å². The first-order chi connectivity index (χ1) is 10.2. The highest BCUT2D eigenvalue weighted by atomic mass is 35.5. The van der Waals surface area contributed by atoms with Crippen LogP contribution in [0.4, 0.5) is 5.69 Å². The Morgan fingerprint density at radius 1 is 1.48 bits per heavy atom. The first-order valence-corrected chi connectivity index (χ1v) is 7.77. The molecule has 1 aliphatic heterocycles.